The van der Waals surface area contributed by atoms with Gasteiger partial charge in [0.15, 0.2) is 13.7 Å². The third kappa shape index (κ3) is 3.90. The highest BCUT2D eigenvalue weighted by Crippen LogP contribution is 2.35. The maximum Gasteiger partial charge on any atom is 0.195 e. The fraction of sp³-hybridized carbons (Fsp3) is 0.171. The molecule has 0 bridgehead atoms. The molecule has 38 heavy (non-hydrogen) atoms. The molecule has 0 aliphatic rings. The van der Waals surface area contributed by atoms with E-state index in [1.54, 1.807) is 0 Å². The molecule has 2 nitrogen and oxygen atoms in total. The normalized spacial score (nSPS) is 12.2. The van der Waals surface area contributed by atoms with Crippen LogP contribution in [0.15, 0.2) is 120 Å². The van der Waals surface area contributed by atoms with Crippen molar-refractivity contribution >= 4 is 45.6 Å². The first-order valence-corrected chi connectivity index (χ1v) is 15.6. The van der Waals surface area contributed by atoms with Gasteiger partial charge in [0, 0.05) is 17.1 Å². The van der Waals surface area contributed by atoms with Crippen LogP contribution in [0.4, 0.5) is 0 Å². The minimum Gasteiger partial charge on any atom is -0.463 e. The van der Waals surface area contributed by atoms with Crippen molar-refractivity contribution < 1.29 is 4.42 Å². The molecule has 0 N–H and O–H groups in total. The topological polar surface area (TPSA) is 26.0 Å². The van der Waals surface area contributed by atoms with E-state index < -0.39 is 8.07 Å². The molecule has 0 aliphatic heterocycles. The van der Waals surface area contributed by atoms with Gasteiger partial charge in [0.2, 0.25) is 0 Å². The minimum atomic E-state index is -2.48. The number of hydrogen-bond donors (Lipinski definition) is 0. The van der Waals surface area contributed by atoms with Crippen LogP contribution < -0.4 is 15.8 Å². The van der Waals surface area contributed by atoms with Crippen LogP contribution in [0.2, 0.25) is 5.54 Å². The van der Waals surface area contributed by atoms with Gasteiger partial charge in [0.25, 0.3) is 0 Å². The largest absolute Gasteiger partial charge is 0.463 e. The van der Waals surface area contributed by atoms with E-state index in [4.69, 9.17) is 9.40 Å². The van der Waals surface area contributed by atoms with Crippen LogP contribution in [0.1, 0.15) is 39.2 Å². The molecule has 0 saturated heterocycles. The summed E-state index contributed by atoms with van der Waals surface area (Å²) in [6, 6.07) is 39.5. The monoisotopic (exact) mass is 511 g/mol. The van der Waals surface area contributed by atoms with Crippen LogP contribution in [-0.4, -0.2) is 13.1 Å². The Hall–Kier alpha value is -3.95. The number of rotatable bonds is 6. The molecule has 4 aromatic carbocycles. The third-order valence-electron chi connectivity index (χ3n) is 7.94. The van der Waals surface area contributed by atoms with Crippen LogP contribution >= 0.6 is 0 Å². The number of hydrogen-bond acceptors (Lipinski definition) is 2. The second kappa shape index (κ2) is 9.73. The number of furan rings is 1. The van der Waals surface area contributed by atoms with E-state index in [1.165, 1.54) is 26.7 Å². The molecule has 2 aromatic heterocycles. The molecule has 6 rings (SSSR count). The molecule has 0 amide bonds. The molecule has 6 aromatic rings. The van der Waals surface area contributed by atoms with Gasteiger partial charge < -0.3 is 4.42 Å². The van der Waals surface area contributed by atoms with E-state index in [9.17, 15) is 0 Å². The van der Waals surface area contributed by atoms with Gasteiger partial charge in [-0.3, -0.25) is 4.98 Å². The van der Waals surface area contributed by atoms with E-state index in [-0.39, 0.29) is 0 Å². The van der Waals surface area contributed by atoms with Gasteiger partial charge >= 0.3 is 0 Å². The van der Waals surface area contributed by atoms with Crippen LogP contribution in [-0.2, 0) is 0 Å². The van der Waals surface area contributed by atoms with Crippen molar-refractivity contribution in [1.29, 1.82) is 0 Å². The molecule has 0 unspecified atom stereocenters. The third-order valence-corrected chi connectivity index (χ3v) is 13.2. The Kier molecular flexibility index (Phi) is 6.25. The molecule has 3 heteroatoms. The lowest BCUT2D eigenvalue weighted by molar-refractivity contribution is 0.646. The summed E-state index contributed by atoms with van der Waals surface area (Å²) in [4.78, 5) is 4.89. The Morgan fingerprint density at radius 1 is 0.658 bits per heavy atom. The summed E-state index contributed by atoms with van der Waals surface area (Å²) in [7, 11) is -2.48. The van der Waals surface area contributed by atoms with E-state index in [2.05, 4.69) is 137 Å². The molecule has 0 atom stereocenters. The number of fused-ring (bicyclic) bond motifs is 2. The summed E-state index contributed by atoms with van der Waals surface area (Å²) in [6.07, 6.45) is 1.92. The fourth-order valence-corrected chi connectivity index (χ4v) is 11.0. The van der Waals surface area contributed by atoms with E-state index >= 15 is 0 Å². The van der Waals surface area contributed by atoms with Crippen molar-refractivity contribution in [2.75, 3.05) is 0 Å². The molecule has 0 saturated carbocycles. The SMILES string of the molecule is CC(C)c1cc(-c2nccc3cc([Si](c4ccccc4)(c4ccccc4)C(C)C)oc23)cc2ccccc12. The Labute approximate surface area is 226 Å². The predicted molar refractivity (Wildman–Crippen MR) is 164 cm³/mol. The molecular weight excluding hydrogens is 478 g/mol. The smallest absolute Gasteiger partial charge is 0.195 e. The molecular formula is C35H33NOSi. The lowest BCUT2D eigenvalue weighted by atomic mass is 9.92. The molecule has 0 fully saturated rings. The zero-order valence-electron chi connectivity index (χ0n) is 22.5. The van der Waals surface area contributed by atoms with Gasteiger partial charge in [-0.2, -0.15) is 0 Å². The predicted octanol–water partition coefficient (Wildman–Crippen LogP) is 7.65. The standard InChI is InChI=1S/C35H33NOSi/c1-24(2)32-22-28(21-26-13-11-12-18-31(26)32)34-35-27(19-20-36-34)23-33(37-35)38(25(3)4,29-14-7-5-8-15-29)30-16-9-6-10-17-30/h5-25H,1-4H3. The lowest BCUT2D eigenvalue weighted by Gasteiger charge is -2.34. The summed E-state index contributed by atoms with van der Waals surface area (Å²) in [6.45, 7) is 9.20. The molecule has 0 aliphatic carbocycles. The Morgan fingerprint density at radius 2 is 1.29 bits per heavy atom. The van der Waals surface area contributed by atoms with Crippen molar-refractivity contribution in [2.24, 2.45) is 0 Å². The van der Waals surface area contributed by atoms with E-state index in [0.29, 0.717) is 11.5 Å². The Morgan fingerprint density at radius 3 is 1.92 bits per heavy atom. The lowest BCUT2D eigenvalue weighted by Crippen LogP contribution is -2.68. The molecule has 2 heterocycles. The van der Waals surface area contributed by atoms with Crippen LogP contribution in [0.5, 0.6) is 0 Å². The van der Waals surface area contributed by atoms with Gasteiger partial charge in [0.1, 0.15) is 5.69 Å². The number of aromatic nitrogens is 1. The number of pyridine rings is 1. The van der Waals surface area contributed by atoms with Crippen LogP contribution in [0.25, 0.3) is 33.0 Å². The van der Waals surface area contributed by atoms with Gasteiger partial charge in [-0.05, 0) is 62.4 Å². The highest BCUT2D eigenvalue weighted by molar-refractivity contribution is 7.11. The van der Waals surface area contributed by atoms with Gasteiger partial charge in [-0.15, -0.1) is 0 Å². The summed E-state index contributed by atoms with van der Waals surface area (Å²) in [5.74, 6) is 0.406. The first kappa shape index (κ1) is 24.4. The summed E-state index contributed by atoms with van der Waals surface area (Å²) in [5.41, 5.74) is 4.61. The summed E-state index contributed by atoms with van der Waals surface area (Å²) in [5, 5.41) is 7.45. The quantitative estimate of drug-likeness (QED) is 0.215. The van der Waals surface area contributed by atoms with Crippen molar-refractivity contribution in [3.05, 3.63) is 121 Å². The summed E-state index contributed by atoms with van der Waals surface area (Å²) < 4.78 is 7.00. The summed E-state index contributed by atoms with van der Waals surface area (Å²) >= 11 is 0. The first-order chi connectivity index (χ1) is 18.5. The maximum atomic E-state index is 7.00. The van der Waals surface area contributed by atoms with Crippen LogP contribution in [0, 0.1) is 0 Å². The molecule has 0 radical (unpaired) electrons. The highest BCUT2D eigenvalue weighted by atomic mass is 28.3. The van der Waals surface area contributed by atoms with Crippen molar-refractivity contribution in [1.82, 2.24) is 4.98 Å². The fourth-order valence-electron chi connectivity index (χ4n) is 6.12. The number of nitrogens with zero attached hydrogens (tertiary/aromatic N) is 1. The zero-order valence-corrected chi connectivity index (χ0v) is 23.5. The average molecular weight is 512 g/mol. The van der Waals surface area contributed by atoms with Gasteiger partial charge in [-0.25, -0.2) is 0 Å². The Bertz CT molecular complexity index is 1680. The van der Waals surface area contributed by atoms with Gasteiger partial charge in [0.05, 0.1) is 5.38 Å². The first-order valence-electron chi connectivity index (χ1n) is 13.5. The Balaban J connectivity index is 1.63. The average Bonchev–Trinajstić information content (AvgIpc) is 3.38. The van der Waals surface area contributed by atoms with E-state index in [0.717, 1.165) is 27.6 Å². The zero-order chi connectivity index (χ0) is 26.3. The van der Waals surface area contributed by atoms with Crippen molar-refractivity contribution in [2.45, 2.75) is 39.2 Å². The highest BCUT2D eigenvalue weighted by Gasteiger charge is 2.45. The van der Waals surface area contributed by atoms with Crippen molar-refractivity contribution in [3.63, 3.8) is 0 Å². The second-order valence-corrected chi connectivity index (χ2v) is 15.2. The second-order valence-electron chi connectivity index (χ2n) is 10.8. The van der Waals surface area contributed by atoms with Crippen molar-refractivity contribution in [3.8, 4) is 11.3 Å². The van der Waals surface area contributed by atoms with E-state index in [1.807, 2.05) is 6.20 Å². The van der Waals surface area contributed by atoms with Crippen LogP contribution in [0.3, 0.4) is 0 Å². The number of benzene rings is 4. The maximum absolute atomic E-state index is 7.00. The van der Waals surface area contributed by atoms with Gasteiger partial charge in [-0.1, -0.05) is 113 Å². The molecule has 188 valence electrons. The minimum absolute atomic E-state index is 0.387. The molecule has 0 spiro atoms.